The smallest absolute Gasteiger partial charge is 0.237 e. The summed E-state index contributed by atoms with van der Waals surface area (Å²) in [5.41, 5.74) is 6.86. The van der Waals surface area contributed by atoms with Crippen LogP contribution in [0.2, 0.25) is 10.0 Å². The molecular weight excluding hydrogens is 399 g/mol. The highest BCUT2D eigenvalue weighted by Crippen LogP contribution is 2.31. The third-order valence-electron chi connectivity index (χ3n) is 3.49. The van der Waals surface area contributed by atoms with Crippen molar-refractivity contribution >= 4 is 41.5 Å². The largest absolute Gasteiger partial charge is 0.489 e. The lowest BCUT2D eigenvalue weighted by Gasteiger charge is -2.16. The van der Waals surface area contributed by atoms with Gasteiger partial charge in [-0.3, -0.25) is 4.79 Å². The Morgan fingerprint density at radius 3 is 2.54 bits per heavy atom. The van der Waals surface area contributed by atoms with E-state index in [1.165, 1.54) is 0 Å². The number of amides is 1. The third-order valence-corrected chi connectivity index (χ3v) is 4.30. The van der Waals surface area contributed by atoms with Crippen molar-refractivity contribution in [2.24, 2.45) is 5.73 Å². The molecule has 2 rings (SSSR count). The molecule has 0 aliphatic rings. The average molecular weight is 420 g/mol. The molecule has 0 bridgehead atoms. The number of benzene rings is 2. The second-order valence-electron chi connectivity index (χ2n) is 5.56. The Balaban J connectivity index is 0.00000338. The number of nitrogens with two attached hydrogens (primary N) is 1. The van der Waals surface area contributed by atoms with Crippen molar-refractivity contribution in [1.82, 2.24) is 5.32 Å². The van der Waals surface area contributed by atoms with Gasteiger partial charge in [-0.1, -0.05) is 59.6 Å². The molecule has 0 saturated carbocycles. The van der Waals surface area contributed by atoms with Crippen LogP contribution in [-0.2, 0) is 11.2 Å². The first-order valence-electron chi connectivity index (χ1n) is 7.79. The highest BCUT2D eigenvalue weighted by Gasteiger charge is 2.16. The average Bonchev–Trinajstić information content (AvgIpc) is 2.61. The highest BCUT2D eigenvalue weighted by atomic mass is 35.5. The van der Waals surface area contributed by atoms with E-state index in [-0.39, 0.29) is 36.5 Å². The van der Waals surface area contributed by atoms with Crippen LogP contribution in [0.4, 0.5) is 0 Å². The van der Waals surface area contributed by atoms with E-state index in [2.05, 4.69) is 5.32 Å². The normalized spacial score (nSPS) is 12.6. The Labute approximate surface area is 168 Å². The monoisotopic (exact) mass is 418 g/mol. The third kappa shape index (κ3) is 7.02. The minimum absolute atomic E-state index is 0. The van der Waals surface area contributed by atoms with Crippen molar-refractivity contribution in [2.45, 2.75) is 18.6 Å². The number of rotatable bonds is 8. The molecule has 0 radical (unpaired) electrons. The fourth-order valence-corrected chi connectivity index (χ4v) is 2.50. The van der Waals surface area contributed by atoms with Crippen LogP contribution in [0.15, 0.2) is 48.5 Å². The van der Waals surface area contributed by atoms with Crippen LogP contribution >= 0.6 is 35.6 Å². The quantitative estimate of drug-likeness (QED) is 0.614. The summed E-state index contributed by atoms with van der Waals surface area (Å²) in [6, 6.07) is 13.8. The van der Waals surface area contributed by atoms with Gasteiger partial charge in [0.05, 0.1) is 11.1 Å². The van der Waals surface area contributed by atoms with Gasteiger partial charge in [0.15, 0.2) is 0 Å². The molecule has 2 aromatic rings. The number of hydrogen-bond donors (Lipinski definition) is 3. The first kappa shape index (κ1) is 22.5. The Morgan fingerprint density at radius 1 is 1.15 bits per heavy atom. The number of aliphatic hydroxyl groups excluding tert-OH is 1. The molecule has 1 unspecified atom stereocenters. The molecule has 2 aromatic carbocycles. The van der Waals surface area contributed by atoms with Crippen molar-refractivity contribution in [2.75, 3.05) is 13.2 Å². The van der Waals surface area contributed by atoms with Crippen LogP contribution in [0.3, 0.4) is 0 Å². The molecule has 1 amide bonds. The van der Waals surface area contributed by atoms with E-state index >= 15 is 0 Å². The Bertz CT molecular complexity index is 701. The van der Waals surface area contributed by atoms with Gasteiger partial charge < -0.3 is 20.9 Å². The lowest BCUT2D eigenvalue weighted by molar-refractivity contribution is -0.122. The summed E-state index contributed by atoms with van der Waals surface area (Å²) in [6.45, 7) is -0.00618. The van der Waals surface area contributed by atoms with Crippen LogP contribution in [-0.4, -0.2) is 36.3 Å². The van der Waals surface area contributed by atoms with Crippen LogP contribution in [0.5, 0.6) is 5.75 Å². The van der Waals surface area contributed by atoms with Crippen LogP contribution in [0.1, 0.15) is 5.56 Å². The topological polar surface area (TPSA) is 84.6 Å². The predicted octanol–water partition coefficient (Wildman–Crippen LogP) is 2.84. The van der Waals surface area contributed by atoms with E-state index in [0.717, 1.165) is 5.56 Å². The zero-order valence-corrected chi connectivity index (χ0v) is 16.2. The zero-order valence-electron chi connectivity index (χ0n) is 13.9. The van der Waals surface area contributed by atoms with E-state index in [1.807, 2.05) is 30.3 Å². The van der Waals surface area contributed by atoms with Crippen molar-refractivity contribution in [3.8, 4) is 5.75 Å². The molecule has 0 saturated heterocycles. The summed E-state index contributed by atoms with van der Waals surface area (Å²) < 4.78 is 5.42. The van der Waals surface area contributed by atoms with Crippen molar-refractivity contribution < 1.29 is 14.6 Å². The predicted molar refractivity (Wildman–Crippen MR) is 106 cm³/mol. The lowest BCUT2D eigenvalue weighted by Crippen LogP contribution is -2.45. The second kappa shape index (κ2) is 11.3. The number of carbonyl (C=O) groups is 1. The van der Waals surface area contributed by atoms with Gasteiger partial charge in [0.1, 0.15) is 23.5 Å². The fourth-order valence-electron chi connectivity index (χ4n) is 2.15. The van der Waals surface area contributed by atoms with Gasteiger partial charge in [0.25, 0.3) is 0 Å². The Morgan fingerprint density at radius 2 is 1.85 bits per heavy atom. The van der Waals surface area contributed by atoms with E-state index in [0.29, 0.717) is 17.2 Å². The summed E-state index contributed by atoms with van der Waals surface area (Å²) in [7, 11) is 0. The molecule has 4 N–H and O–H groups in total. The summed E-state index contributed by atoms with van der Waals surface area (Å²) in [6.07, 6.45) is -0.472. The van der Waals surface area contributed by atoms with Gasteiger partial charge in [-0.15, -0.1) is 12.4 Å². The van der Waals surface area contributed by atoms with Crippen molar-refractivity contribution in [3.63, 3.8) is 0 Å². The minimum atomic E-state index is -0.900. The van der Waals surface area contributed by atoms with Gasteiger partial charge in [0.2, 0.25) is 5.91 Å². The highest BCUT2D eigenvalue weighted by molar-refractivity contribution is 6.42. The molecule has 5 nitrogen and oxygen atoms in total. The molecule has 2 atom stereocenters. The van der Waals surface area contributed by atoms with Gasteiger partial charge in [-0.2, -0.15) is 0 Å². The maximum Gasteiger partial charge on any atom is 0.237 e. The number of aliphatic hydroxyl groups is 1. The van der Waals surface area contributed by atoms with E-state index in [4.69, 9.17) is 33.7 Å². The minimum Gasteiger partial charge on any atom is -0.489 e. The fraction of sp³-hybridized carbons (Fsp3) is 0.278. The molecule has 0 fully saturated rings. The first-order valence-corrected chi connectivity index (χ1v) is 8.55. The number of ether oxygens (including phenoxy) is 1. The number of halogens is 3. The molecule has 0 aliphatic carbocycles. The Hall–Kier alpha value is -1.50. The molecular formula is C18H21Cl3N2O3. The van der Waals surface area contributed by atoms with E-state index < -0.39 is 12.1 Å². The molecule has 142 valence electrons. The molecule has 26 heavy (non-hydrogen) atoms. The number of hydrogen-bond acceptors (Lipinski definition) is 4. The molecule has 0 aromatic heterocycles. The second-order valence-corrected chi connectivity index (χ2v) is 6.34. The maximum absolute atomic E-state index is 12.0. The summed E-state index contributed by atoms with van der Waals surface area (Å²) in [4.78, 5) is 12.0. The van der Waals surface area contributed by atoms with Crippen LogP contribution in [0, 0.1) is 0 Å². The lowest BCUT2D eigenvalue weighted by atomic mass is 10.1. The van der Waals surface area contributed by atoms with Gasteiger partial charge in [0, 0.05) is 6.54 Å². The van der Waals surface area contributed by atoms with Gasteiger partial charge in [-0.05, 0) is 24.1 Å². The van der Waals surface area contributed by atoms with Crippen molar-refractivity contribution in [3.05, 3.63) is 64.1 Å². The molecule has 8 heteroatoms. The van der Waals surface area contributed by atoms with Crippen molar-refractivity contribution in [1.29, 1.82) is 0 Å². The molecule has 0 spiro atoms. The van der Waals surface area contributed by atoms with E-state index in [1.54, 1.807) is 18.2 Å². The first-order chi connectivity index (χ1) is 12.0. The SMILES string of the molecule is Cl.N[C@@H](Cc1ccccc1)C(=O)NCC(O)COc1cccc(Cl)c1Cl. The maximum atomic E-state index is 12.0. The van der Waals surface area contributed by atoms with Gasteiger partial charge >= 0.3 is 0 Å². The Kier molecular flexibility index (Phi) is 9.76. The zero-order chi connectivity index (χ0) is 18.2. The summed E-state index contributed by atoms with van der Waals surface area (Å²) in [5, 5.41) is 13.2. The molecule has 0 heterocycles. The number of carbonyl (C=O) groups excluding carboxylic acids is 1. The van der Waals surface area contributed by atoms with Crippen LogP contribution in [0.25, 0.3) is 0 Å². The standard InChI is InChI=1S/C18H20Cl2N2O3.ClH/c19-14-7-4-8-16(17(14)20)25-11-13(23)10-22-18(24)15(21)9-12-5-2-1-3-6-12;/h1-8,13,15,23H,9-11,21H2,(H,22,24);1H/t13?,15-;/m0./s1. The number of nitrogens with one attached hydrogen (secondary N) is 1. The molecule has 0 aliphatic heterocycles. The summed E-state index contributed by atoms with van der Waals surface area (Å²) in [5.74, 6) is 0.0454. The van der Waals surface area contributed by atoms with Crippen LogP contribution < -0.4 is 15.8 Å². The van der Waals surface area contributed by atoms with E-state index in [9.17, 15) is 9.90 Å². The summed E-state index contributed by atoms with van der Waals surface area (Å²) >= 11 is 11.9. The van der Waals surface area contributed by atoms with Gasteiger partial charge in [-0.25, -0.2) is 0 Å².